The smallest absolute Gasteiger partial charge is 0.258 e. The van der Waals surface area contributed by atoms with Crippen LogP contribution in [0.3, 0.4) is 0 Å². The van der Waals surface area contributed by atoms with Crippen molar-refractivity contribution in [3.63, 3.8) is 0 Å². The summed E-state index contributed by atoms with van der Waals surface area (Å²) < 4.78 is 1.91. The molecule has 0 bridgehead atoms. The van der Waals surface area contributed by atoms with Gasteiger partial charge in [-0.2, -0.15) is 0 Å². The number of pyridine rings is 2. The van der Waals surface area contributed by atoms with Gasteiger partial charge in [0.15, 0.2) is 0 Å². The molecule has 25 heavy (non-hydrogen) atoms. The van der Waals surface area contributed by atoms with Gasteiger partial charge in [-0.05, 0) is 36.4 Å². The zero-order valence-corrected chi connectivity index (χ0v) is 15.9. The minimum atomic E-state index is -0.429. The first-order chi connectivity index (χ1) is 12.1. The maximum Gasteiger partial charge on any atom is 0.295 e. The van der Waals surface area contributed by atoms with E-state index in [4.69, 9.17) is 0 Å². The van der Waals surface area contributed by atoms with E-state index in [-0.39, 0.29) is 5.69 Å². The number of nitrogens with zero attached hydrogens (tertiary/aromatic N) is 3. The highest BCUT2D eigenvalue weighted by Gasteiger charge is 2.13. The van der Waals surface area contributed by atoms with Crippen molar-refractivity contribution in [1.82, 2.24) is 9.97 Å². The highest BCUT2D eigenvalue weighted by atomic mass is 79.9. The van der Waals surface area contributed by atoms with Gasteiger partial charge in [0.1, 0.15) is 5.52 Å². The van der Waals surface area contributed by atoms with E-state index in [0.717, 1.165) is 25.2 Å². The Morgan fingerprint density at radius 3 is 2.20 bits per heavy atom. The molecule has 2 heterocycles. The van der Waals surface area contributed by atoms with Crippen molar-refractivity contribution in [2.45, 2.75) is 0 Å². The summed E-state index contributed by atoms with van der Waals surface area (Å²) in [7, 11) is 0. The lowest BCUT2D eigenvalue weighted by Gasteiger charge is -1.99. The van der Waals surface area contributed by atoms with E-state index in [1.54, 1.807) is 30.6 Å². The molecule has 4 rings (SSSR count). The lowest BCUT2D eigenvalue weighted by molar-refractivity contribution is -0.383. The lowest BCUT2D eigenvalue weighted by atomic mass is 10.2. The van der Waals surface area contributed by atoms with Crippen LogP contribution in [0.1, 0.15) is 0 Å². The third-order valence-electron chi connectivity index (χ3n) is 3.48. The highest BCUT2D eigenvalue weighted by molar-refractivity contribution is 9.11. The molecule has 0 saturated carbocycles. The fraction of sp³-hybridized carbons (Fsp3) is 0. The van der Waals surface area contributed by atoms with Crippen LogP contribution in [-0.4, -0.2) is 14.9 Å². The van der Waals surface area contributed by atoms with Crippen LogP contribution in [-0.2, 0) is 0 Å². The molecule has 0 amide bonds. The van der Waals surface area contributed by atoms with Gasteiger partial charge in [0.2, 0.25) is 0 Å². The monoisotopic (exact) mass is 459 g/mol. The third kappa shape index (κ3) is 3.83. The van der Waals surface area contributed by atoms with Gasteiger partial charge in [-0.3, -0.25) is 15.1 Å². The summed E-state index contributed by atoms with van der Waals surface area (Å²) >= 11 is 6.77. The van der Waals surface area contributed by atoms with Gasteiger partial charge in [-0.15, -0.1) is 0 Å². The van der Waals surface area contributed by atoms with Gasteiger partial charge >= 0.3 is 0 Å². The minimum Gasteiger partial charge on any atom is -0.258 e. The molecule has 5 nitrogen and oxygen atoms in total. The van der Waals surface area contributed by atoms with E-state index < -0.39 is 4.92 Å². The largest absolute Gasteiger partial charge is 0.295 e. The van der Waals surface area contributed by atoms with Gasteiger partial charge in [0.25, 0.3) is 5.69 Å². The normalized spacial score (nSPS) is 10.3. The molecule has 0 N–H and O–H groups in total. The first-order valence-corrected chi connectivity index (χ1v) is 8.83. The molecule has 2 aromatic carbocycles. The van der Waals surface area contributed by atoms with Crippen LogP contribution in [0.5, 0.6) is 0 Å². The maximum absolute atomic E-state index is 10.7. The van der Waals surface area contributed by atoms with E-state index >= 15 is 0 Å². The Bertz CT molecular complexity index is 1060. The summed E-state index contributed by atoms with van der Waals surface area (Å²) in [6.45, 7) is 0. The summed E-state index contributed by atoms with van der Waals surface area (Å²) in [6.07, 6.45) is 3.34. The summed E-state index contributed by atoms with van der Waals surface area (Å²) in [4.78, 5) is 18.5. The van der Waals surface area contributed by atoms with Crippen molar-refractivity contribution in [2.24, 2.45) is 0 Å². The third-order valence-corrected chi connectivity index (χ3v) is 4.87. The molecule has 4 aromatic rings. The second-order valence-corrected chi connectivity index (χ2v) is 6.74. The number of hydrogen-bond acceptors (Lipinski definition) is 4. The number of aromatic nitrogens is 2. The van der Waals surface area contributed by atoms with E-state index in [2.05, 4.69) is 41.8 Å². The molecule has 2 aromatic heterocycles. The number of non-ortho nitro benzene ring substituents is 1. The predicted octanol–water partition coefficient (Wildman–Crippen LogP) is 5.90. The van der Waals surface area contributed by atoms with E-state index in [1.807, 2.05) is 30.3 Å². The van der Waals surface area contributed by atoms with Gasteiger partial charge < -0.3 is 0 Å². The molecular formula is C18H11Br2N3O2. The molecular weight excluding hydrogens is 450 g/mol. The summed E-state index contributed by atoms with van der Waals surface area (Å²) in [5, 5.41) is 12.6. The fourth-order valence-corrected chi connectivity index (χ4v) is 3.28. The molecule has 124 valence electrons. The van der Waals surface area contributed by atoms with Crippen LogP contribution >= 0.6 is 31.9 Å². The second-order valence-electron chi connectivity index (χ2n) is 5.03. The molecule has 0 saturated heterocycles. The molecule has 0 atom stereocenters. The Labute approximate surface area is 160 Å². The zero-order valence-electron chi connectivity index (χ0n) is 12.8. The van der Waals surface area contributed by atoms with Crippen LogP contribution in [0, 0.1) is 10.1 Å². The number of halogens is 2. The molecule has 0 fully saturated rings. The SMILES string of the molecule is Brc1cccc2ncccc12.O=[N+]([O-])c1ccc(Br)c2cccnc12. The van der Waals surface area contributed by atoms with Gasteiger partial charge in [0, 0.05) is 38.2 Å². The van der Waals surface area contributed by atoms with Crippen molar-refractivity contribution in [3.05, 3.63) is 86.1 Å². The van der Waals surface area contributed by atoms with Crippen LogP contribution in [0.2, 0.25) is 0 Å². The Morgan fingerprint density at radius 1 is 0.800 bits per heavy atom. The Balaban J connectivity index is 0.000000150. The highest BCUT2D eigenvalue weighted by Crippen LogP contribution is 2.29. The molecule has 0 unspecified atom stereocenters. The summed E-state index contributed by atoms with van der Waals surface area (Å²) in [5.41, 5.74) is 1.47. The number of rotatable bonds is 1. The molecule has 0 aliphatic carbocycles. The Morgan fingerprint density at radius 2 is 1.48 bits per heavy atom. The van der Waals surface area contributed by atoms with Crippen LogP contribution in [0.15, 0.2) is 75.9 Å². The number of hydrogen-bond donors (Lipinski definition) is 0. The van der Waals surface area contributed by atoms with Gasteiger partial charge in [-0.1, -0.05) is 44.0 Å². The Kier molecular flexibility index (Phi) is 5.35. The molecule has 0 aliphatic rings. The standard InChI is InChI=1S/C9H5BrN2O2.C9H6BrN/c10-7-3-4-8(12(13)14)9-6(7)2-1-5-11-9;10-8-4-1-5-9-7(8)3-2-6-11-9/h1-5H;1-6H. The maximum atomic E-state index is 10.7. The van der Waals surface area contributed by atoms with Crippen molar-refractivity contribution in [1.29, 1.82) is 0 Å². The zero-order chi connectivity index (χ0) is 17.8. The van der Waals surface area contributed by atoms with Crippen LogP contribution < -0.4 is 0 Å². The number of fused-ring (bicyclic) bond motifs is 2. The van der Waals surface area contributed by atoms with Crippen LogP contribution in [0.25, 0.3) is 21.8 Å². The molecule has 0 aliphatic heterocycles. The minimum absolute atomic E-state index is 0.0313. The quantitative estimate of drug-likeness (QED) is 0.262. The van der Waals surface area contributed by atoms with E-state index in [9.17, 15) is 10.1 Å². The van der Waals surface area contributed by atoms with Gasteiger partial charge in [0.05, 0.1) is 10.4 Å². The summed E-state index contributed by atoms with van der Waals surface area (Å²) in [6, 6.07) is 16.6. The lowest BCUT2D eigenvalue weighted by Crippen LogP contribution is -1.91. The van der Waals surface area contributed by atoms with Crippen LogP contribution in [0.4, 0.5) is 5.69 Å². The molecule has 0 spiro atoms. The number of nitro benzene ring substituents is 1. The van der Waals surface area contributed by atoms with E-state index in [1.165, 1.54) is 6.07 Å². The molecule has 7 heteroatoms. The Hall–Kier alpha value is -2.38. The van der Waals surface area contributed by atoms with Crippen molar-refractivity contribution in [2.75, 3.05) is 0 Å². The topological polar surface area (TPSA) is 68.9 Å². The van der Waals surface area contributed by atoms with E-state index in [0.29, 0.717) is 5.52 Å². The summed E-state index contributed by atoms with van der Waals surface area (Å²) in [5.74, 6) is 0. The predicted molar refractivity (Wildman–Crippen MR) is 106 cm³/mol. The van der Waals surface area contributed by atoms with Crippen molar-refractivity contribution in [3.8, 4) is 0 Å². The molecule has 0 radical (unpaired) electrons. The number of benzene rings is 2. The average Bonchev–Trinajstić information content (AvgIpc) is 2.63. The first-order valence-electron chi connectivity index (χ1n) is 7.25. The van der Waals surface area contributed by atoms with Gasteiger partial charge in [-0.25, -0.2) is 4.98 Å². The second kappa shape index (κ2) is 7.67. The number of nitro groups is 1. The average molecular weight is 461 g/mol. The fourth-order valence-electron chi connectivity index (χ4n) is 2.34. The first kappa shape index (κ1) is 17.4. The van der Waals surface area contributed by atoms with Crippen molar-refractivity contribution >= 4 is 59.4 Å². The van der Waals surface area contributed by atoms with Crippen molar-refractivity contribution < 1.29 is 4.92 Å².